The Kier molecular flexibility index (Phi) is 6.32. The van der Waals surface area contributed by atoms with E-state index in [1.165, 1.54) is 12.7 Å². The lowest BCUT2D eigenvalue weighted by Crippen LogP contribution is -2.24. The van der Waals surface area contributed by atoms with E-state index < -0.39 is 0 Å². The first kappa shape index (κ1) is 17.2. The molecule has 0 saturated heterocycles. The number of esters is 1. The van der Waals surface area contributed by atoms with Crippen LogP contribution in [0.25, 0.3) is 0 Å². The number of aliphatic hydroxyl groups excluding tert-OH is 1. The molecule has 0 heterocycles. The fourth-order valence-electron chi connectivity index (χ4n) is 2.39. The smallest absolute Gasteiger partial charge is 0.337 e. The molecule has 0 saturated carbocycles. The van der Waals surface area contributed by atoms with Gasteiger partial charge in [-0.2, -0.15) is 0 Å². The molecule has 4 heteroatoms. The third kappa shape index (κ3) is 4.65. The summed E-state index contributed by atoms with van der Waals surface area (Å²) in [6.45, 7) is 2.77. The van der Waals surface area contributed by atoms with Gasteiger partial charge in [0.2, 0.25) is 0 Å². The van der Waals surface area contributed by atoms with Crippen LogP contribution in [0.5, 0.6) is 0 Å². The fourth-order valence-corrected chi connectivity index (χ4v) is 2.39. The van der Waals surface area contributed by atoms with Crippen LogP contribution in [0, 0.1) is 0 Å². The summed E-state index contributed by atoms with van der Waals surface area (Å²) in [5.41, 5.74) is 3.92. The lowest BCUT2D eigenvalue weighted by atomic mass is 10.0. The topological polar surface area (TPSA) is 58.6 Å². The quantitative estimate of drug-likeness (QED) is 0.772. The van der Waals surface area contributed by atoms with Gasteiger partial charge in [-0.25, -0.2) is 4.79 Å². The SMILES string of the molecule is CCc1ccc(C(CO)NCc2ccc(C(=O)OC)cc2)cc1. The van der Waals surface area contributed by atoms with Crippen molar-refractivity contribution in [2.24, 2.45) is 0 Å². The number of ether oxygens (including phenoxy) is 1. The summed E-state index contributed by atoms with van der Waals surface area (Å²) in [6, 6.07) is 15.4. The van der Waals surface area contributed by atoms with E-state index >= 15 is 0 Å². The molecule has 1 atom stereocenters. The van der Waals surface area contributed by atoms with Crippen molar-refractivity contribution in [2.75, 3.05) is 13.7 Å². The second kappa shape index (κ2) is 8.46. The predicted molar refractivity (Wildman–Crippen MR) is 90.3 cm³/mol. The second-order valence-corrected chi connectivity index (χ2v) is 5.40. The number of hydrogen-bond donors (Lipinski definition) is 2. The summed E-state index contributed by atoms with van der Waals surface area (Å²) >= 11 is 0. The minimum Gasteiger partial charge on any atom is -0.465 e. The molecule has 2 N–H and O–H groups in total. The largest absolute Gasteiger partial charge is 0.465 e. The molecule has 2 aromatic rings. The average Bonchev–Trinajstić information content (AvgIpc) is 2.62. The van der Waals surface area contributed by atoms with Crippen LogP contribution < -0.4 is 5.32 Å². The number of carbonyl (C=O) groups excluding carboxylic acids is 1. The van der Waals surface area contributed by atoms with Gasteiger partial charge in [0.05, 0.1) is 25.3 Å². The maximum Gasteiger partial charge on any atom is 0.337 e. The van der Waals surface area contributed by atoms with Gasteiger partial charge >= 0.3 is 5.97 Å². The monoisotopic (exact) mass is 313 g/mol. The van der Waals surface area contributed by atoms with Crippen LogP contribution in [0.2, 0.25) is 0 Å². The zero-order chi connectivity index (χ0) is 16.7. The molecule has 0 aliphatic carbocycles. The molecular formula is C19H23NO3. The van der Waals surface area contributed by atoms with E-state index in [4.69, 9.17) is 0 Å². The van der Waals surface area contributed by atoms with Gasteiger partial charge < -0.3 is 15.2 Å². The van der Waals surface area contributed by atoms with Crippen LogP contribution in [-0.4, -0.2) is 24.8 Å². The van der Waals surface area contributed by atoms with Crippen LogP contribution in [0.4, 0.5) is 0 Å². The second-order valence-electron chi connectivity index (χ2n) is 5.40. The summed E-state index contributed by atoms with van der Waals surface area (Å²) in [6.07, 6.45) is 1.00. The molecule has 122 valence electrons. The standard InChI is InChI=1S/C19H23NO3/c1-3-14-4-8-16(9-5-14)18(13-21)20-12-15-6-10-17(11-7-15)19(22)23-2/h4-11,18,20-21H,3,12-13H2,1-2H3. The van der Waals surface area contributed by atoms with Crippen LogP contribution in [0.1, 0.15) is 40.0 Å². The van der Waals surface area contributed by atoms with E-state index in [2.05, 4.69) is 29.1 Å². The van der Waals surface area contributed by atoms with Crippen LogP contribution in [-0.2, 0) is 17.7 Å². The number of hydrogen-bond acceptors (Lipinski definition) is 4. The van der Waals surface area contributed by atoms with Gasteiger partial charge in [0.15, 0.2) is 0 Å². The first-order valence-corrected chi connectivity index (χ1v) is 7.78. The molecule has 2 rings (SSSR count). The van der Waals surface area contributed by atoms with Crippen molar-refractivity contribution in [2.45, 2.75) is 25.9 Å². The highest BCUT2D eigenvalue weighted by atomic mass is 16.5. The number of aryl methyl sites for hydroxylation is 1. The van der Waals surface area contributed by atoms with Gasteiger partial charge in [0.1, 0.15) is 0 Å². The molecule has 0 aromatic heterocycles. The fraction of sp³-hybridized carbons (Fsp3) is 0.316. The highest BCUT2D eigenvalue weighted by Crippen LogP contribution is 2.15. The Morgan fingerprint density at radius 3 is 2.22 bits per heavy atom. The Hall–Kier alpha value is -2.17. The van der Waals surface area contributed by atoms with Gasteiger partial charge in [-0.1, -0.05) is 43.3 Å². The average molecular weight is 313 g/mol. The van der Waals surface area contributed by atoms with Crippen LogP contribution >= 0.6 is 0 Å². The Bertz CT molecular complexity index is 620. The van der Waals surface area contributed by atoms with E-state index in [-0.39, 0.29) is 18.6 Å². The van der Waals surface area contributed by atoms with Crippen molar-refractivity contribution in [3.05, 3.63) is 70.8 Å². The Labute approximate surface area is 137 Å². The molecule has 0 fully saturated rings. The van der Waals surface area contributed by atoms with Gasteiger partial charge in [-0.3, -0.25) is 0 Å². The molecule has 0 aliphatic rings. The van der Waals surface area contributed by atoms with Gasteiger partial charge in [-0.05, 0) is 35.2 Å². The van der Waals surface area contributed by atoms with Crippen molar-refractivity contribution in [1.29, 1.82) is 0 Å². The highest BCUT2D eigenvalue weighted by molar-refractivity contribution is 5.89. The summed E-state index contributed by atoms with van der Waals surface area (Å²) in [4.78, 5) is 11.4. The van der Waals surface area contributed by atoms with E-state index in [1.807, 2.05) is 24.3 Å². The predicted octanol–water partition coefficient (Wildman–Crippen LogP) is 2.86. The minimum atomic E-state index is -0.339. The zero-order valence-corrected chi connectivity index (χ0v) is 13.6. The van der Waals surface area contributed by atoms with Crippen LogP contribution in [0.15, 0.2) is 48.5 Å². The zero-order valence-electron chi connectivity index (χ0n) is 13.6. The van der Waals surface area contributed by atoms with E-state index in [0.717, 1.165) is 17.5 Å². The Morgan fingerprint density at radius 2 is 1.70 bits per heavy atom. The minimum absolute atomic E-state index is 0.0334. The van der Waals surface area contributed by atoms with Gasteiger partial charge in [-0.15, -0.1) is 0 Å². The third-order valence-corrected chi connectivity index (χ3v) is 3.90. The first-order valence-electron chi connectivity index (χ1n) is 7.78. The Balaban J connectivity index is 1.98. The lowest BCUT2D eigenvalue weighted by molar-refractivity contribution is 0.0600. The highest BCUT2D eigenvalue weighted by Gasteiger charge is 2.10. The molecule has 4 nitrogen and oxygen atoms in total. The maximum absolute atomic E-state index is 11.4. The van der Waals surface area contributed by atoms with Gasteiger partial charge in [0.25, 0.3) is 0 Å². The summed E-state index contributed by atoms with van der Waals surface area (Å²) in [7, 11) is 1.37. The van der Waals surface area contributed by atoms with E-state index in [9.17, 15) is 9.90 Å². The molecule has 23 heavy (non-hydrogen) atoms. The van der Waals surface area contributed by atoms with Crippen molar-refractivity contribution >= 4 is 5.97 Å². The number of benzene rings is 2. The van der Waals surface area contributed by atoms with Crippen LogP contribution in [0.3, 0.4) is 0 Å². The number of aliphatic hydroxyl groups is 1. The molecule has 0 radical (unpaired) electrons. The summed E-state index contributed by atoms with van der Waals surface area (Å²) < 4.78 is 4.68. The Morgan fingerprint density at radius 1 is 1.09 bits per heavy atom. The van der Waals surface area contributed by atoms with Crippen molar-refractivity contribution in [1.82, 2.24) is 5.32 Å². The molecule has 0 spiro atoms. The normalized spacial score (nSPS) is 12.0. The lowest BCUT2D eigenvalue weighted by Gasteiger charge is -2.17. The first-order chi connectivity index (χ1) is 11.2. The molecule has 0 bridgehead atoms. The number of carbonyl (C=O) groups is 1. The van der Waals surface area contributed by atoms with Crippen molar-refractivity contribution in [3.8, 4) is 0 Å². The molecule has 0 aliphatic heterocycles. The number of rotatable bonds is 7. The van der Waals surface area contributed by atoms with Crippen molar-refractivity contribution < 1.29 is 14.6 Å². The van der Waals surface area contributed by atoms with E-state index in [0.29, 0.717) is 12.1 Å². The number of nitrogens with one attached hydrogen (secondary N) is 1. The molecule has 0 amide bonds. The molecular weight excluding hydrogens is 290 g/mol. The van der Waals surface area contributed by atoms with Gasteiger partial charge in [0, 0.05) is 6.54 Å². The number of methoxy groups -OCH3 is 1. The summed E-state index contributed by atoms with van der Waals surface area (Å²) in [5, 5.41) is 12.9. The molecule has 2 aromatic carbocycles. The third-order valence-electron chi connectivity index (χ3n) is 3.90. The maximum atomic E-state index is 11.4. The van der Waals surface area contributed by atoms with E-state index in [1.54, 1.807) is 12.1 Å². The summed E-state index contributed by atoms with van der Waals surface area (Å²) in [5.74, 6) is -0.339. The molecule has 1 unspecified atom stereocenters. The van der Waals surface area contributed by atoms with Crippen molar-refractivity contribution in [3.63, 3.8) is 0 Å².